The fraction of sp³-hybridized carbons (Fsp3) is 0.200. The van der Waals surface area contributed by atoms with Crippen molar-refractivity contribution in [2.24, 2.45) is 10.2 Å². The summed E-state index contributed by atoms with van der Waals surface area (Å²) in [7, 11) is 1.53. The molecule has 2 aromatic carbocycles. The molecule has 0 radical (unpaired) electrons. The topological polar surface area (TPSA) is 110 Å². The molecule has 1 unspecified atom stereocenters. The zero-order valence-electron chi connectivity index (χ0n) is 15.9. The van der Waals surface area contributed by atoms with Crippen molar-refractivity contribution >= 4 is 46.6 Å². The Morgan fingerprint density at radius 3 is 2.83 bits per heavy atom. The van der Waals surface area contributed by atoms with E-state index in [0.29, 0.717) is 28.7 Å². The summed E-state index contributed by atoms with van der Waals surface area (Å²) >= 11 is 7.18. The van der Waals surface area contributed by atoms with Crippen LogP contribution in [-0.4, -0.2) is 40.7 Å². The molecule has 1 aliphatic rings. The number of nitrogens with one attached hydrogen (secondary N) is 1. The molecule has 0 spiro atoms. The largest absolute Gasteiger partial charge is 0.493 e. The Balaban J connectivity index is 1.64. The average Bonchev–Trinajstić information content (AvgIpc) is 3.06. The molecule has 8 nitrogen and oxygen atoms in total. The van der Waals surface area contributed by atoms with Gasteiger partial charge in [-0.2, -0.15) is 5.10 Å². The summed E-state index contributed by atoms with van der Waals surface area (Å²) < 4.78 is 11.2. The van der Waals surface area contributed by atoms with E-state index in [0.717, 1.165) is 17.3 Å². The molecular formula is C20H18ClN3O5S. The van der Waals surface area contributed by atoms with E-state index >= 15 is 0 Å². The predicted molar refractivity (Wildman–Crippen MR) is 116 cm³/mol. The standard InChI is InChI=1S/C20H18ClN3O5S/c1-28-16-8-12(6-7-15(16)29-11-13-4-2-3-5-14(13)21)10-22-24-20-23-19(27)17(30-20)9-18(25)26/h2-8,10,17H,9,11H2,1H3,(H,25,26)(H,23,24,27)/b22-10+. The van der Waals surface area contributed by atoms with Crippen LogP contribution in [0.4, 0.5) is 0 Å². The zero-order valence-corrected chi connectivity index (χ0v) is 17.4. The molecule has 2 aromatic rings. The monoisotopic (exact) mass is 447 g/mol. The van der Waals surface area contributed by atoms with Gasteiger partial charge in [0, 0.05) is 10.6 Å². The lowest BCUT2D eigenvalue weighted by atomic mass is 10.2. The number of carboxylic acid groups (broad SMARTS) is 1. The van der Waals surface area contributed by atoms with E-state index in [-0.39, 0.29) is 11.6 Å². The van der Waals surface area contributed by atoms with Crippen LogP contribution in [0, 0.1) is 0 Å². The van der Waals surface area contributed by atoms with Crippen LogP contribution in [0.5, 0.6) is 11.5 Å². The van der Waals surface area contributed by atoms with Gasteiger partial charge < -0.3 is 19.9 Å². The van der Waals surface area contributed by atoms with Gasteiger partial charge in [-0.15, -0.1) is 5.10 Å². The van der Waals surface area contributed by atoms with Crippen molar-refractivity contribution in [2.45, 2.75) is 18.3 Å². The number of halogens is 1. The number of nitrogens with zero attached hydrogens (tertiary/aromatic N) is 2. The van der Waals surface area contributed by atoms with Crippen LogP contribution < -0.4 is 14.8 Å². The highest BCUT2D eigenvalue weighted by Gasteiger charge is 2.32. The smallest absolute Gasteiger partial charge is 0.305 e. The Hall–Kier alpha value is -3.04. The van der Waals surface area contributed by atoms with Crippen molar-refractivity contribution in [1.29, 1.82) is 0 Å². The van der Waals surface area contributed by atoms with Gasteiger partial charge in [-0.1, -0.05) is 41.6 Å². The second-order valence-electron chi connectivity index (χ2n) is 6.13. The molecule has 0 saturated carbocycles. The number of carboxylic acids is 1. The SMILES string of the molecule is COc1cc(/C=N/N=C2\NC(=O)C(CC(=O)O)S2)ccc1OCc1ccccc1Cl. The van der Waals surface area contributed by atoms with Crippen molar-refractivity contribution in [3.05, 3.63) is 58.6 Å². The van der Waals surface area contributed by atoms with Gasteiger partial charge in [-0.3, -0.25) is 9.59 Å². The van der Waals surface area contributed by atoms with Crippen molar-refractivity contribution < 1.29 is 24.2 Å². The number of ether oxygens (including phenoxy) is 2. The number of aliphatic carboxylic acids is 1. The van der Waals surface area contributed by atoms with Crippen LogP contribution in [0.15, 0.2) is 52.7 Å². The van der Waals surface area contributed by atoms with Gasteiger partial charge in [0.05, 0.1) is 19.7 Å². The summed E-state index contributed by atoms with van der Waals surface area (Å²) in [6, 6.07) is 12.7. The Labute approximate surface area is 181 Å². The van der Waals surface area contributed by atoms with Crippen molar-refractivity contribution in [3.63, 3.8) is 0 Å². The molecule has 3 rings (SSSR count). The van der Waals surface area contributed by atoms with E-state index in [2.05, 4.69) is 15.5 Å². The van der Waals surface area contributed by atoms with E-state index in [1.54, 1.807) is 24.3 Å². The highest BCUT2D eigenvalue weighted by molar-refractivity contribution is 8.15. The van der Waals surface area contributed by atoms with Gasteiger partial charge in [0.2, 0.25) is 5.91 Å². The minimum absolute atomic E-state index is 0.258. The molecule has 2 N–H and O–H groups in total. The number of hydrogen-bond donors (Lipinski definition) is 2. The summed E-state index contributed by atoms with van der Waals surface area (Å²) in [5.74, 6) is -0.367. The van der Waals surface area contributed by atoms with Gasteiger partial charge in [0.25, 0.3) is 0 Å². The van der Waals surface area contributed by atoms with Gasteiger partial charge in [0.1, 0.15) is 11.9 Å². The highest BCUT2D eigenvalue weighted by Crippen LogP contribution is 2.29. The third kappa shape index (κ3) is 5.74. The van der Waals surface area contributed by atoms with Gasteiger partial charge in [-0.05, 0) is 29.8 Å². The van der Waals surface area contributed by atoms with E-state index in [9.17, 15) is 9.59 Å². The van der Waals surface area contributed by atoms with Gasteiger partial charge >= 0.3 is 5.97 Å². The zero-order chi connectivity index (χ0) is 21.5. The quantitative estimate of drug-likeness (QED) is 0.474. The van der Waals surface area contributed by atoms with Gasteiger partial charge in [0.15, 0.2) is 16.7 Å². The van der Waals surface area contributed by atoms with E-state index in [1.165, 1.54) is 13.3 Å². The normalized spacial score (nSPS) is 17.3. The number of rotatable bonds is 8. The minimum Gasteiger partial charge on any atom is -0.493 e. The molecule has 1 amide bonds. The molecule has 1 atom stereocenters. The van der Waals surface area contributed by atoms with Gasteiger partial charge in [-0.25, -0.2) is 0 Å². The minimum atomic E-state index is -1.05. The first-order valence-corrected chi connectivity index (χ1v) is 10.1. The number of amidine groups is 1. The second kappa shape index (κ2) is 10.1. The summed E-state index contributed by atoms with van der Waals surface area (Å²) in [4.78, 5) is 22.4. The number of methoxy groups -OCH3 is 1. The molecule has 1 aliphatic heterocycles. The third-order valence-corrected chi connectivity index (χ3v) is 5.46. The van der Waals surface area contributed by atoms with Crippen LogP contribution in [0.1, 0.15) is 17.5 Å². The van der Waals surface area contributed by atoms with Crippen molar-refractivity contribution in [1.82, 2.24) is 5.32 Å². The highest BCUT2D eigenvalue weighted by atomic mass is 35.5. The molecular weight excluding hydrogens is 430 g/mol. The first kappa shape index (κ1) is 21.7. The molecule has 1 heterocycles. The van der Waals surface area contributed by atoms with Crippen LogP contribution in [0.2, 0.25) is 5.02 Å². The number of hydrogen-bond acceptors (Lipinski definition) is 7. The number of carbonyl (C=O) groups is 2. The Bertz CT molecular complexity index is 1010. The fourth-order valence-electron chi connectivity index (χ4n) is 2.55. The van der Waals surface area contributed by atoms with Crippen LogP contribution in [0.25, 0.3) is 0 Å². The number of amides is 1. The number of carbonyl (C=O) groups excluding carboxylic acids is 1. The summed E-state index contributed by atoms with van der Waals surface area (Å²) in [6.07, 6.45) is 1.22. The molecule has 0 aliphatic carbocycles. The second-order valence-corrected chi connectivity index (χ2v) is 7.73. The van der Waals surface area contributed by atoms with E-state index in [4.69, 9.17) is 26.2 Å². The summed E-state index contributed by atoms with van der Waals surface area (Å²) in [5.41, 5.74) is 1.57. The molecule has 10 heteroatoms. The maximum Gasteiger partial charge on any atom is 0.305 e. The molecule has 0 aromatic heterocycles. The molecule has 1 fully saturated rings. The van der Waals surface area contributed by atoms with E-state index in [1.807, 2.05) is 18.2 Å². The maximum atomic E-state index is 11.7. The van der Waals surface area contributed by atoms with Crippen LogP contribution in [-0.2, 0) is 16.2 Å². The maximum absolute atomic E-state index is 11.7. The van der Waals surface area contributed by atoms with Crippen molar-refractivity contribution in [2.75, 3.05) is 7.11 Å². The van der Waals surface area contributed by atoms with Crippen LogP contribution >= 0.6 is 23.4 Å². The Morgan fingerprint density at radius 2 is 2.10 bits per heavy atom. The fourth-order valence-corrected chi connectivity index (χ4v) is 3.65. The van der Waals surface area contributed by atoms with E-state index < -0.39 is 17.1 Å². The number of thioether (sulfide) groups is 1. The summed E-state index contributed by atoms with van der Waals surface area (Å²) in [6.45, 7) is 0.297. The molecule has 0 bridgehead atoms. The lowest BCUT2D eigenvalue weighted by molar-refractivity contribution is -0.138. The lowest BCUT2D eigenvalue weighted by Crippen LogP contribution is -2.26. The first-order chi connectivity index (χ1) is 14.5. The predicted octanol–water partition coefficient (Wildman–Crippen LogP) is 3.32. The molecule has 1 saturated heterocycles. The Morgan fingerprint density at radius 1 is 1.30 bits per heavy atom. The van der Waals surface area contributed by atoms with Crippen molar-refractivity contribution in [3.8, 4) is 11.5 Å². The first-order valence-electron chi connectivity index (χ1n) is 8.81. The Kier molecular flexibility index (Phi) is 7.31. The van der Waals surface area contributed by atoms with Crippen LogP contribution in [0.3, 0.4) is 0 Å². The lowest BCUT2D eigenvalue weighted by Gasteiger charge is -2.12. The third-order valence-electron chi connectivity index (χ3n) is 4.02. The number of benzene rings is 2. The molecule has 156 valence electrons. The summed E-state index contributed by atoms with van der Waals surface area (Å²) in [5, 5.41) is 19.4. The molecule has 30 heavy (non-hydrogen) atoms. The average molecular weight is 448 g/mol.